The number of rotatable bonds is 2. The molecular weight excluding hydrogens is 212 g/mol. The van der Waals surface area contributed by atoms with Crippen LogP contribution in [0.5, 0.6) is 0 Å². The zero-order chi connectivity index (χ0) is 12.6. The van der Waals surface area contributed by atoms with Crippen molar-refractivity contribution in [2.75, 3.05) is 0 Å². The van der Waals surface area contributed by atoms with Gasteiger partial charge in [0.2, 0.25) is 0 Å². The molecule has 2 nitrogen and oxygen atoms in total. The molecule has 17 heavy (non-hydrogen) atoms. The van der Waals surface area contributed by atoms with Crippen LogP contribution in [-0.4, -0.2) is 10.9 Å². The highest BCUT2D eigenvalue weighted by molar-refractivity contribution is 5.27. The lowest BCUT2D eigenvalue weighted by Crippen LogP contribution is -2.32. The van der Waals surface area contributed by atoms with Crippen LogP contribution in [-0.2, 0) is 4.89 Å². The molecule has 4 atom stereocenters. The van der Waals surface area contributed by atoms with Gasteiger partial charge >= 0.3 is 0 Å². The van der Waals surface area contributed by atoms with Crippen LogP contribution >= 0.6 is 0 Å². The van der Waals surface area contributed by atoms with E-state index < -0.39 is 5.60 Å². The second-order valence-corrected chi connectivity index (χ2v) is 6.12. The molecule has 0 amide bonds. The quantitative estimate of drug-likeness (QED) is 0.442. The number of fused-ring (bicyclic) bond motifs is 1. The number of hydrogen-bond acceptors (Lipinski definition) is 2. The van der Waals surface area contributed by atoms with Crippen molar-refractivity contribution in [3.8, 4) is 0 Å². The second kappa shape index (κ2) is 4.58. The van der Waals surface area contributed by atoms with Gasteiger partial charge < -0.3 is 0 Å². The molecule has 0 heterocycles. The van der Waals surface area contributed by atoms with E-state index in [2.05, 4.69) is 26.5 Å². The molecule has 2 aliphatic carbocycles. The SMILES string of the molecule is C=C(C)[C@@H]1CC[C@@](C)(OO)C2=CC[C@H](C)[C@@H]2C1. The Morgan fingerprint density at radius 2 is 2.29 bits per heavy atom. The van der Waals surface area contributed by atoms with Crippen molar-refractivity contribution in [3.63, 3.8) is 0 Å². The van der Waals surface area contributed by atoms with Gasteiger partial charge in [0.15, 0.2) is 0 Å². The zero-order valence-electron chi connectivity index (χ0n) is 11.2. The maximum Gasteiger partial charge on any atom is 0.122 e. The first-order chi connectivity index (χ1) is 7.98. The Balaban J connectivity index is 2.29. The monoisotopic (exact) mass is 236 g/mol. The van der Waals surface area contributed by atoms with Crippen molar-refractivity contribution in [3.05, 3.63) is 23.8 Å². The Hall–Kier alpha value is -0.600. The van der Waals surface area contributed by atoms with E-state index in [0.717, 1.165) is 19.3 Å². The summed E-state index contributed by atoms with van der Waals surface area (Å²) in [5.74, 6) is 1.79. The number of hydrogen-bond donors (Lipinski definition) is 1. The minimum Gasteiger partial charge on any atom is -0.251 e. The molecule has 1 saturated carbocycles. The fourth-order valence-electron chi connectivity index (χ4n) is 3.47. The van der Waals surface area contributed by atoms with Crippen molar-refractivity contribution in [2.45, 2.75) is 52.1 Å². The third kappa shape index (κ3) is 2.21. The van der Waals surface area contributed by atoms with Crippen LogP contribution < -0.4 is 0 Å². The standard InChI is InChI=1S/C15H24O2/c1-10(2)12-7-8-15(4,17-16)14-6-5-11(3)13(14)9-12/h6,11-13,16H,1,5,7-9H2,2-4H3/t11-,12+,13-,15+/m0/s1. The molecule has 2 aliphatic rings. The van der Waals surface area contributed by atoms with Crippen molar-refractivity contribution in [1.29, 1.82) is 0 Å². The van der Waals surface area contributed by atoms with Gasteiger partial charge in [-0.25, -0.2) is 4.89 Å². The molecule has 0 spiro atoms. The molecule has 0 unspecified atom stereocenters. The molecule has 0 saturated heterocycles. The summed E-state index contributed by atoms with van der Waals surface area (Å²) in [4.78, 5) is 4.85. The lowest BCUT2D eigenvalue weighted by molar-refractivity contribution is -0.308. The average molecular weight is 236 g/mol. The zero-order valence-corrected chi connectivity index (χ0v) is 11.2. The molecule has 0 radical (unpaired) electrons. The third-order valence-electron chi connectivity index (χ3n) is 4.81. The fourth-order valence-corrected chi connectivity index (χ4v) is 3.47. The molecule has 0 aromatic carbocycles. The maximum atomic E-state index is 9.27. The Kier molecular flexibility index (Phi) is 3.46. The van der Waals surface area contributed by atoms with Crippen LogP contribution in [0.3, 0.4) is 0 Å². The van der Waals surface area contributed by atoms with Gasteiger partial charge in [-0.05, 0) is 62.9 Å². The van der Waals surface area contributed by atoms with Crippen LogP contribution in [0.15, 0.2) is 23.8 Å². The van der Waals surface area contributed by atoms with E-state index in [1.807, 2.05) is 6.92 Å². The normalized spacial score (nSPS) is 41.6. The number of allylic oxidation sites excluding steroid dienone is 2. The second-order valence-electron chi connectivity index (χ2n) is 6.12. The average Bonchev–Trinajstić information content (AvgIpc) is 2.57. The van der Waals surface area contributed by atoms with Gasteiger partial charge in [0.05, 0.1) is 0 Å². The Bertz CT molecular complexity index is 345. The fraction of sp³-hybridized carbons (Fsp3) is 0.733. The topological polar surface area (TPSA) is 29.5 Å². The van der Waals surface area contributed by atoms with Crippen LogP contribution in [0.4, 0.5) is 0 Å². The van der Waals surface area contributed by atoms with Crippen molar-refractivity contribution in [1.82, 2.24) is 0 Å². The molecule has 0 aliphatic heterocycles. The molecule has 2 heteroatoms. The first-order valence-electron chi connectivity index (χ1n) is 6.66. The summed E-state index contributed by atoms with van der Waals surface area (Å²) in [5.41, 5.74) is 2.11. The summed E-state index contributed by atoms with van der Waals surface area (Å²) in [7, 11) is 0. The van der Waals surface area contributed by atoms with E-state index >= 15 is 0 Å². The van der Waals surface area contributed by atoms with Gasteiger partial charge in [-0.2, -0.15) is 0 Å². The van der Waals surface area contributed by atoms with Crippen molar-refractivity contribution in [2.24, 2.45) is 17.8 Å². The van der Waals surface area contributed by atoms with E-state index in [9.17, 15) is 5.26 Å². The minimum atomic E-state index is -0.473. The van der Waals surface area contributed by atoms with Crippen LogP contribution in [0.2, 0.25) is 0 Å². The van der Waals surface area contributed by atoms with Gasteiger partial charge in [-0.15, -0.1) is 0 Å². The van der Waals surface area contributed by atoms with Crippen molar-refractivity contribution >= 4 is 0 Å². The predicted octanol–water partition coefficient (Wildman–Crippen LogP) is 4.19. The van der Waals surface area contributed by atoms with E-state index in [1.54, 1.807) is 0 Å². The lowest BCUT2D eigenvalue weighted by Gasteiger charge is -2.30. The summed E-state index contributed by atoms with van der Waals surface area (Å²) in [5, 5.41) is 9.27. The van der Waals surface area contributed by atoms with Crippen LogP contribution in [0, 0.1) is 17.8 Å². The van der Waals surface area contributed by atoms with E-state index in [-0.39, 0.29) is 0 Å². The summed E-state index contributed by atoms with van der Waals surface area (Å²) in [6, 6.07) is 0. The maximum absolute atomic E-state index is 9.27. The smallest absolute Gasteiger partial charge is 0.122 e. The molecular formula is C15H24O2. The molecule has 0 bridgehead atoms. The molecule has 1 fully saturated rings. The third-order valence-corrected chi connectivity index (χ3v) is 4.81. The van der Waals surface area contributed by atoms with Crippen LogP contribution in [0.1, 0.15) is 46.5 Å². The Labute approximate surface area is 104 Å². The van der Waals surface area contributed by atoms with Gasteiger partial charge in [-0.1, -0.05) is 25.2 Å². The first-order valence-corrected chi connectivity index (χ1v) is 6.66. The molecule has 96 valence electrons. The summed E-state index contributed by atoms with van der Waals surface area (Å²) in [6.45, 7) is 10.5. The highest BCUT2D eigenvalue weighted by atomic mass is 17.1. The first kappa shape index (κ1) is 12.8. The molecule has 2 rings (SSSR count). The van der Waals surface area contributed by atoms with Gasteiger partial charge in [-0.3, -0.25) is 5.26 Å². The Morgan fingerprint density at radius 3 is 2.88 bits per heavy atom. The van der Waals surface area contributed by atoms with Gasteiger partial charge in [0.25, 0.3) is 0 Å². The summed E-state index contributed by atoms with van der Waals surface area (Å²) < 4.78 is 0. The molecule has 1 N–H and O–H groups in total. The van der Waals surface area contributed by atoms with Gasteiger partial charge in [0.1, 0.15) is 5.60 Å². The molecule has 0 aromatic heterocycles. The predicted molar refractivity (Wildman–Crippen MR) is 69.6 cm³/mol. The Morgan fingerprint density at radius 1 is 1.59 bits per heavy atom. The lowest BCUT2D eigenvalue weighted by atomic mass is 9.81. The minimum absolute atomic E-state index is 0.473. The van der Waals surface area contributed by atoms with Crippen molar-refractivity contribution < 1.29 is 10.1 Å². The van der Waals surface area contributed by atoms with E-state index in [1.165, 1.54) is 17.6 Å². The largest absolute Gasteiger partial charge is 0.251 e. The van der Waals surface area contributed by atoms with Crippen LogP contribution in [0.25, 0.3) is 0 Å². The summed E-state index contributed by atoms with van der Waals surface area (Å²) >= 11 is 0. The van der Waals surface area contributed by atoms with E-state index in [4.69, 9.17) is 4.89 Å². The van der Waals surface area contributed by atoms with E-state index in [0.29, 0.717) is 17.8 Å². The highest BCUT2D eigenvalue weighted by Gasteiger charge is 2.43. The van der Waals surface area contributed by atoms with Gasteiger partial charge in [0, 0.05) is 0 Å². The highest BCUT2D eigenvalue weighted by Crippen LogP contribution is 2.48. The molecule has 0 aromatic rings. The summed E-state index contributed by atoms with van der Waals surface area (Å²) in [6.07, 6.45) is 6.51.